The van der Waals surface area contributed by atoms with Crippen LogP contribution in [-0.4, -0.2) is 28.0 Å². The van der Waals surface area contributed by atoms with Gasteiger partial charge in [-0.2, -0.15) is 0 Å². The summed E-state index contributed by atoms with van der Waals surface area (Å²) in [6.45, 7) is 3.05. The summed E-state index contributed by atoms with van der Waals surface area (Å²) >= 11 is 0. The van der Waals surface area contributed by atoms with E-state index in [1.807, 2.05) is 24.5 Å². The third kappa shape index (κ3) is 3.64. The highest BCUT2D eigenvalue weighted by molar-refractivity contribution is 5.67. The average molecular weight is 335 g/mol. The van der Waals surface area contributed by atoms with Gasteiger partial charge in [-0.05, 0) is 72.8 Å². The Hall–Kier alpha value is -2.46. The number of benzene rings is 1. The summed E-state index contributed by atoms with van der Waals surface area (Å²) in [7, 11) is 0. The minimum Gasteiger partial charge on any atom is -0.367 e. The smallest absolute Gasteiger partial charge is 0.123 e. The second kappa shape index (κ2) is 7.19. The Balaban J connectivity index is 1.41. The third-order valence-electron chi connectivity index (χ3n) is 5.12. The summed E-state index contributed by atoms with van der Waals surface area (Å²) in [6, 6.07) is 11.0. The van der Waals surface area contributed by atoms with Crippen LogP contribution < -0.4 is 0 Å². The molecule has 2 aromatic heterocycles. The molecule has 25 heavy (non-hydrogen) atoms. The molecule has 0 aliphatic carbocycles. The van der Waals surface area contributed by atoms with Gasteiger partial charge in [-0.1, -0.05) is 12.1 Å². The number of hydrogen-bond donors (Lipinski definition) is 1. The number of H-pyrrole nitrogens is 1. The fourth-order valence-corrected chi connectivity index (χ4v) is 3.75. The predicted octanol–water partition coefficient (Wildman–Crippen LogP) is 4.60. The van der Waals surface area contributed by atoms with Gasteiger partial charge in [0.2, 0.25) is 0 Å². The molecule has 0 unspecified atom stereocenters. The molecule has 0 atom stereocenters. The Bertz CT molecular complexity index is 803. The van der Waals surface area contributed by atoms with Crippen LogP contribution in [0.5, 0.6) is 0 Å². The van der Waals surface area contributed by atoms with Gasteiger partial charge < -0.3 is 4.98 Å². The van der Waals surface area contributed by atoms with Crippen molar-refractivity contribution in [2.45, 2.75) is 25.3 Å². The quantitative estimate of drug-likeness (QED) is 0.756. The van der Waals surface area contributed by atoms with Crippen molar-refractivity contribution in [1.29, 1.82) is 0 Å². The lowest BCUT2D eigenvalue weighted by atomic mass is 9.87. The van der Waals surface area contributed by atoms with Crippen molar-refractivity contribution in [3.63, 3.8) is 0 Å². The summed E-state index contributed by atoms with van der Waals surface area (Å²) in [5.41, 5.74) is 5.10. The molecule has 0 saturated carbocycles. The molecule has 0 bridgehead atoms. The van der Waals surface area contributed by atoms with Crippen LogP contribution in [0.25, 0.3) is 11.1 Å². The Kier molecular flexibility index (Phi) is 4.61. The molecule has 1 aliphatic heterocycles. The van der Waals surface area contributed by atoms with Gasteiger partial charge in [-0.25, -0.2) is 4.39 Å². The highest BCUT2D eigenvalue weighted by Crippen LogP contribution is 2.35. The van der Waals surface area contributed by atoms with E-state index in [0.29, 0.717) is 5.92 Å². The van der Waals surface area contributed by atoms with Crippen molar-refractivity contribution < 1.29 is 4.39 Å². The van der Waals surface area contributed by atoms with Crippen molar-refractivity contribution in [2.75, 3.05) is 13.1 Å². The van der Waals surface area contributed by atoms with Gasteiger partial charge >= 0.3 is 0 Å². The highest BCUT2D eigenvalue weighted by Gasteiger charge is 2.23. The zero-order valence-electron chi connectivity index (χ0n) is 14.2. The largest absolute Gasteiger partial charge is 0.367 e. The summed E-state index contributed by atoms with van der Waals surface area (Å²) in [5, 5.41) is 0. The van der Waals surface area contributed by atoms with Gasteiger partial charge in [0, 0.05) is 36.9 Å². The number of rotatable bonds is 4. The van der Waals surface area contributed by atoms with Gasteiger partial charge in [-0.3, -0.25) is 9.88 Å². The topological polar surface area (TPSA) is 31.9 Å². The number of piperidine rings is 1. The van der Waals surface area contributed by atoms with Crippen LogP contribution in [0.3, 0.4) is 0 Å². The van der Waals surface area contributed by atoms with E-state index in [9.17, 15) is 4.39 Å². The van der Waals surface area contributed by atoms with Crippen LogP contribution >= 0.6 is 0 Å². The van der Waals surface area contributed by atoms with Crippen molar-refractivity contribution >= 4 is 0 Å². The van der Waals surface area contributed by atoms with Crippen molar-refractivity contribution in [3.8, 4) is 11.1 Å². The second-order valence-corrected chi connectivity index (χ2v) is 6.74. The van der Waals surface area contributed by atoms with Gasteiger partial charge in [0.05, 0.1) is 0 Å². The van der Waals surface area contributed by atoms with E-state index < -0.39 is 0 Å². The number of likely N-dealkylation sites (tertiary alicyclic amines) is 1. The van der Waals surface area contributed by atoms with Gasteiger partial charge in [0.1, 0.15) is 5.82 Å². The monoisotopic (exact) mass is 335 g/mol. The van der Waals surface area contributed by atoms with Crippen LogP contribution in [0.2, 0.25) is 0 Å². The lowest BCUT2D eigenvalue weighted by molar-refractivity contribution is 0.205. The van der Waals surface area contributed by atoms with E-state index in [2.05, 4.69) is 39.4 Å². The molecule has 1 aromatic carbocycles. The normalized spacial score (nSPS) is 16.2. The lowest BCUT2D eigenvalue weighted by Gasteiger charge is -2.32. The first-order valence-corrected chi connectivity index (χ1v) is 8.83. The van der Waals surface area contributed by atoms with Crippen molar-refractivity contribution in [1.82, 2.24) is 14.9 Å². The average Bonchev–Trinajstić information content (AvgIpc) is 3.15. The predicted molar refractivity (Wildman–Crippen MR) is 97.7 cm³/mol. The fourth-order valence-electron chi connectivity index (χ4n) is 3.75. The number of pyridine rings is 1. The van der Waals surface area contributed by atoms with Crippen LogP contribution in [0.1, 0.15) is 29.9 Å². The first kappa shape index (κ1) is 16.0. The molecule has 1 aliphatic rings. The SMILES string of the molecule is Fc1ccc(CN2CCC(c3c[nH]cc3-c3ccncc3)CC2)cc1. The third-order valence-corrected chi connectivity index (χ3v) is 5.12. The van der Waals surface area contributed by atoms with Crippen molar-refractivity contribution in [3.05, 3.63) is 78.1 Å². The second-order valence-electron chi connectivity index (χ2n) is 6.74. The summed E-state index contributed by atoms with van der Waals surface area (Å²) in [4.78, 5) is 9.85. The maximum absolute atomic E-state index is 13.0. The first-order chi connectivity index (χ1) is 12.3. The standard InChI is InChI=1S/C21H22FN3/c22-19-3-1-16(2-4-19)15-25-11-7-18(8-12-25)21-14-24-13-20(21)17-5-9-23-10-6-17/h1-6,9-10,13-14,18,24H,7-8,11-12,15H2. The van der Waals surface area contributed by atoms with E-state index in [4.69, 9.17) is 0 Å². The van der Waals surface area contributed by atoms with Crippen LogP contribution in [-0.2, 0) is 6.54 Å². The Morgan fingerprint density at radius 3 is 2.44 bits per heavy atom. The van der Waals surface area contributed by atoms with E-state index >= 15 is 0 Å². The first-order valence-electron chi connectivity index (χ1n) is 8.83. The minimum absolute atomic E-state index is 0.168. The molecular formula is C21H22FN3. The lowest BCUT2D eigenvalue weighted by Crippen LogP contribution is -2.32. The molecule has 0 amide bonds. The van der Waals surface area contributed by atoms with E-state index in [-0.39, 0.29) is 5.82 Å². The van der Waals surface area contributed by atoms with Crippen molar-refractivity contribution in [2.24, 2.45) is 0 Å². The molecule has 3 nitrogen and oxygen atoms in total. The van der Waals surface area contributed by atoms with E-state index in [1.165, 1.54) is 22.3 Å². The zero-order valence-corrected chi connectivity index (χ0v) is 14.2. The number of halogens is 1. The molecule has 3 heterocycles. The maximum Gasteiger partial charge on any atom is 0.123 e. The number of nitrogens with zero attached hydrogens (tertiary/aromatic N) is 2. The Labute approximate surface area is 147 Å². The number of nitrogens with one attached hydrogen (secondary N) is 1. The van der Waals surface area contributed by atoms with E-state index in [1.54, 1.807) is 12.1 Å². The molecule has 128 valence electrons. The summed E-state index contributed by atoms with van der Waals surface area (Å²) < 4.78 is 13.0. The molecule has 0 radical (unpaired) electrons. The van der Waals surface area contributed by atoms with Crippen LogP contribution in [0, 0.1) is 5.82 Å². The van der Waals surface area contributed by atoms with Gasteiger partial charge in [0.15, 0.2) is 0 Å². The molecule has 4 rings (SSSR count). The maximum atomic E-state index is 13.0. The number of aromatic amines is 1. The zero-order chi connectivity index (χ0) is 17.1. The van der Waals surface area contributed by atoms with Crippen LogP contribution in [0.15, 0.2) is 61.2 Å². The summed E-state index contributed by atoms with van der Waals surface area (Å²) in [6.07, 6.45) is 10.2. The minimum atomic E-state index is -0.168. The van der Waals surface area contributed by atoms with Gasteiger partial charge in [-0.15, -0.1) is 0 Å². The Morgan fingerprint density at radius 2 is 1.72 bits per heavy atom. The summed E-state index contributed by atoms with van der Waals surface area (Å²) in [5.74, 6) is 0.414. The van der Waals surface area contributed by atoms with Crippen LogP contribution in [0.4, 0.5) is 4.39 Å². The molecule has 1 N–H and O–H groups in total. The van der Waals surface area contributed by atoms with E-state index in [0.717, 1.165) is 32.5 Å². The molecule has 4 heteroatoms. The Morgan fingerprint density at radius 1 is 1.00 bits per heavy atom. The fraction of sp³-hybridized carbons (Fsp3) is 0.286. The molecule has 0 spiro atoms. The molecule has 1 saturated heterocycles. The highest BCUT2D eigenvalue weighted by atomic mass is 19.1. The van der Waals surface area contributed by atoms with Gasteiger partial charge in [0.25, 0.3) is 0 Å². The number of aromatic nitrogens is 2. The molecular weight excluding hydrogens is 313 g/mol. The molecule has 1 fully saturated rings. The molecule has 3 aromatic rings. The number of hydrogen-bond acceptors (Lipinski definition) is 2.